The van der Waals surface area contributed by atoms with Crippen LogP contribution in [0.2, 0.25) is 0 Å². The van der Waals surface area contributed by atoms with E-state index in [9.17, 15) is 0 Å². The fraction of sp³-hybridized carbons (Fsp3) is 0.267. The first-order chi connectivity index (χ1) is 9.19. The first kappa shape index (κ1) is 13.7. The molecule has 98 valence electrons. The van der Waals surface area contributed by atoms with Gasteiger partial charge in [-0.3, -0.25) is 0 Å². The quantitative estimate of drug-likeness (QED) is 0.891. The summed E-state index contributed by atoms with van der Waals surface area (Å²) < 4.78 is 6.22. The molecule has 0 amide bonds. The molecule has 0 saturated carbocycles. The minimum Gasteiger partial charge on any atom is -0.469 e. The van der Waals surface area contributed by atoms with E-state index in [1.54, 1.807) is 6.26 Å². The van der Waals surface area contributed by atoms with Gasteiger partial charge in [0.05, 0.1) is 17.5 Å². The molecular formula is C15H15BrN2O. The molecule has 2 rings (SSSR count). The normalized spacial score (nSPS) is 11.8. The maximum atomic E-state index is 9.11. The Morgan fingerprint density at radius 1 is 1.42 bits per heavy atom. The van der Waals surface area contributed by atoms with Crippen LogP contribution in [0.1, 0.15) is 24.7 Å². The van der Waals surface area contributed by atoms with Gasteiger partial charge in [-0.1, -0.05) is 15.9 Å². The topological polar surface area (TPSA) is 49.0 Å². The van der Waals surface area contributed by atoms with Gasteiger partial charge in [0.1, 0.15) is 11.8 Å². The number of nitrogens with zero attached hydrogens (tertiary/aromatic N) is 1. The second-order valence-corrected chi connectivity index (χ2v) is 5.38. The summed E-state index contributed by atoms with van der Waals surface area (Å²) in [5.41, 5.74) is 1.52. The first-order valence-corrected chi connectivity index (χ1v) is 6.97. The van der Waals surface area contributed by atoms with E-state index in [-0.39, 0.29) is 6.04 Å². The summed E-state index contributed by atoms with van der Waals surface area (Å²) in [6.07, 6.45) is 3.53. The van der Waals surface area contributed by atoms with Crippen molar-refractivity contribution in [3.05, 3.63) is 52.4 Å². The van der Waals surface area contributed by atoms with Crippen LogP contribution in [0.15, 0.2) is 45.5 Å². The van der Waals surface area contributed by atoms with E-state index in [2.05, 4.69) is 34.2 Å². The van der Waals surface area contributed by atoms with Crippen molar-refractivity contribution in [2.45, 2.75) is 25.8 Å². The zero-order chi connectivity index (χ0) is 13.7. The van der Waals surface area contributed by atoms with E-state index in [1.807, 2.05) is 30.3 Å². The Hall–Kier alpha value is -1.73. The fourth-order valence-electron chi connectivity index (χ4n) is 1.89. The predicted molar refractivity (Wildman–Crippen MR) is 79.0 cm³/mol. The lowest BCUT2D eigenvalue weighted by Gasteiger charge is -2.15. The molecule has 1 heterocycles. The van der Waals surface area contributed by atoms with E-state index in [0.29, 0.717) is 5.56 Å². The van der Waals surface area contributed by atoms with Gasteiger partial charge < -0.3 is 9.73 Å². The predicted octanol–water partition coefficient (Wildman–Crippen LogP) is 4.35. The molecule has 0 spiro atoms. The monoisotopic (exact) mass is 318 g/mol. The Morgan fingerprint density at radius 3 is 2.95 bits per heavy atom. The summed E-state index contributed by atoms with van der Waals surface area (Å²) in [5.74, 6) is 0.991. The molecule has 0 saturated heterocycles. The highest BCUT2D eigenvalue weighted by Crippen LogP contribution is 2.21. The summed E-state index contributed by atoms with van der Waals surface area (Å²) in [6, 6.07) is 12.0. The molecule has 1 unspecified atom stereocenters. The van der Waals surface area contributed by atoms with Gasteiger partial charge in [0, 0.05) is 16.9 Å². The Labute approximate surface area is 121 Å². The van der Waals surface area contributed by atoms with Crippen LogP contribution in [0.4, 0.5) is 5.69 Å². The molecule has 0 fully saturated rings. The molecule has 3 nitrogen and oxygen atoms in total. The molecule has 1 aromatic heterocycles. The standard InChI is InChI=1S/C15H15BrN2O/c1-11(4-6-14-3-2-8-19-14)18-15-7-5-13(16)9-12(15)10-17/h2-3,5,7-9,11,18H,4,6H2,1H3. The molecule has 2 aromatic rings. The first-order valence-electron chi connectivity index (χ1n) is 6.17. The number of hydrogen-bond donors (Lipinski definition) is 1. The molecule has 1 N–H and O–H groups in total. The molecule has 4 heteroatoms. The average molecular weight is 319 g/mol. The van der Waals surface area contributed by atoms with Gasteiger partial charge in [0.25, 0.3) is 0 Å². The van der Waals surface area contributed by atoms with Crippen molar-refractivity contribution in [1.82, 2.24) is 0 Å². The van der Waals surface area contributed by atoms with Crippen LogP contribution >= 0.6 is 15.9 Å². The van der Waals surface area contributed by atoms with E-state index < -0.39 is 0 Å². The fourth-order valence-corrected chi connectivity index (χ4v) is 2.25. The van der Waals surface area contributed by atoms with Crippen molar-refractivity contribution >= 4 is 21.6 Å². The van der Waals surface area contributed by atoms with Gasteiger partial charge in [-0.25, -0.2) is 0 Å². The number of halogens is 1. The largest absolute Gasteiger partial charge is 0.469 e. The van der Waals surface area contributed by atoms with Crippen LogP contribution in [0.25, 0.3) is 0 Å². The highest BCUT2D eigenvalue weighted by atomic mass is 79.9. The van der Waals surface area contributed by atoms with Crippen molar-refractivity contribution in [3.63, 3.8) is 0 Å². The van der Waals surface area contributed by atoms with E-state index in [1.165, 1.54) is 0 Å². The summed E-state index contributed by atoms with van der Waals surface area (Å²) in [7, 11) is 0. The van der Waals surface area contributed by atoms with Crippen LogP contribution in [0.5, 0.6) is 0 Å². The molecule has 0 radical (unpaired) electrons. The second kappa shape index (κ2) is 6.44. The molecule has 1 atom stereocenters. The molecule has 19 heavy (non-hydrogen) atoms. The second-order valence-electron chi connectivity index (χ2n) is 4.47. The van der Waals surface area contributed by atoms with Gasteiger partial charge in [-0.2, -0.15) is 5.26 Å². The van der Waals surface area contributed by atoms with Gasteiger partial charge in [-0.15, -0.1) is 0 Å². The van der Waals surface area contributed by atoms with Crippen LogP contribution < -0.4 is 5.32 Å². The number of aryl methyl sites for hydroxylation is 1. The molecule has 0 aliphatic carbocycles. The number of rotatable bonds is 5. The third kappa shape index (κ3) is 3.87. The zero-order valence-electron chi connectivity index (χ0n) is 10.7. The molecule has 0 bridgehead atoms. The van der Waals surface area contributed by atoms with Crippen molar-refractivity contribution in [3.8, 4) is 6.07 Å². The van der Waals surface area contributed by atoms with E-state index >= 15 is 0 Å². The maximum Gasteiger partial charge on any atom is 0.103 e. The highest BCUT2D eigenvalue weighted by molar-refractivity contribution is 9.10. The van der Waals surface area contributed by atoms with Crippen LogP contribution in [0, 0.1) is 11.3 Å². The smallest absolute Gasteiger partial charge is 0.103 e. The maximum absolute atomic E-state index is 9.11. The number of benzene rings is 1. The third-order valence-corrected chi connectivity index (χ3v) is 3.40. The van der Waals surface area contributed by atoms with Gasteiger partial charge in [0.2, 0.25) is 0 Å². The van der Waals surface area contributed by atoms with Gasteiger partial charge >= 0.3 is 0 Å². The van der Waals surface area contributed by atoms with Crippen molar-refractivity contribution in [1.29, 1.82) is 5.26 Å². The Morgan fingerprint density at radius 2 is 2.26 bits per heavy atom. The molecule has 1 aromatic carbocycles. The Kier molecular flexibility index (Phi) is 4.64. The number of hydrogen-bond acceptors (Lipinski definition) is 3. The van der Waals surface area contributed by atoms with Gasteiger partial charge in [-0.05, 0) is 43.7 Å². The summed E-state index contributed by atoms with van der Waals surface area (Å²) in [4.78, 5) is 0. The number of nitriles is 1. The molecule has 0 aliphatic rings. The lowest BCUT2D eigenvalue weighted by atomic mass is 10.1. The Bertz CT molecular complexity index is 572. The average Bonchev–Trinajstić information content (AvgIpc) is 2.91. The third-order valence-electron chi connectivity index (χ3n) is 2.91. The highest BCUT2D eigenvalue weighted by Gasteiger charge is 2.08. The minimum absolute atomic E-state index is 0.276. The lowest BCUT2D eigenvalue weighted by molar-refractivity contribution is 0.495. The van der Waals surface area contributed by atoms with Crippen molar-refractivity contribution in [2.75, 3.05) is 5.32 Å². The SMILES string of the molecule is CC(CCc1ccco1)Nc1ccc(Br)cc1C#N. The molecule has 0 aliphatic heterocycles. The summed E-state index contributed by atoms with van der Waals surface area (Å²) >= 11 is 3.37. The number of furan rings is 1. The summed E-state index contributed by atoms with van der Waals surface area (Å²) in [6.45, 7) is 2.10. The van der Waals surface area contributed by atoms with Crippen molar-refractivity contribution in [2.24, 2.45) is 0 Å². The van der Waals surface area contributed by atoms with E-state index in [4.69, 9.17) is 9.68 Å². The lowest BCUT2D eigenvalue weighted by Crippen LogP contribution is -2.16. The van der Waals surface area contributed by atoms with E-state index in [0.717, 1.165) is 28.8 Å². The number of nitrogens with one attached hydrogen (secondary N) is 1. The number of anilines is 1. The summed E-state index contributed by atoms with van der Waals surface area (Å²) in [5, 5.41) is 12.5. The Balaban J connectivity index is 1.95. The van der Waals surface area contributed by atoms with Crippen molar-refractivity contribution < 1.29 is 4.42 Å². The zero-order valence-corrected chi connectivity index (χ0v) is 12.3. The van der Waals surface area contributed by atoms with Crippen LogP contribution in [0.3, 0.4) is 0 Å². The molecular weight excluding hydrogens is 304 g/mol. The van der Waals surface area contributed by atoms with Crippen LogP contribution in [-0.2, 0) is 6.42 Å². The van der Waals surface area contributed by atoms with Crippen LogP contribution in [-0.4, -0.2) is 6.04 Å². The van der Waals surface area contributed by atoms with Gasteiger partial charge in [0.15, 0.2) is 0 Å². The minimum atomic E-state index is 0.276.